The highest BCUT2D eigenvalue weighted by Gasteiger charge is 2.31. The van der Waals surface area contributed by atoms with Crippen LogP contribution in [0, 0.1) is 6.92 Å². The van der Waals surface area contributed by atoms with Gasteiger partial charge in [0.05, 0.1) is 57.8 Å². The van der Waals surface area contributed by atoms with Crippen molar-refractivity contribution in [2.75, 3.05) is 78.8 Å². The number of ketones is 1. The topological polar surface area (TPSA) is 165 Å². The zero-order valence-corrected chi connectivity index (χ0v) is 43.9. The van der Waals surface area contributed by atoms with Gasteiger partial charge in [0.1, 0.15) is 12.4 Å². The Bertz CT molecular complexity index is 3140. The maximum Gasteiger partial charge on any atom is 0.276 e. The maximum absolute atomic E-state index is 15.3. The first-order chi connectivity index (χ1) is 35.3. The molecule has 0 bridgehead atoms. The van der Waals surface area contributed by atoms with Crippen molar-refractivity contribution in [1.82, 2.24) is 34.5 Å². The monoisotopic (exact) mass is 1070 g/mol. The van der Waals surface area contributed by atoms with Gasteiger partial charge in [-0.05, 0) is 90.4 Å². The van der Waals surface area contributed by atoms with Crippen LogP contribution in [0.25, 0.3) is 16.5 Å². The number of unbranched alkanes of at least 4 members (excludes halogenated alkanes) is 1. The number of hydrogen-bond donors (Lipinski definition) is 2. The van der Waals surface area contributed by atoms with Crippen LogP contribution in [0.3, 0.4) is 0 Å². The number of fused-ring (bicyclic) bond motifs is 2. The fourth-order valence-corrected chi connectivity index (χ4v) is 11.1. The highest BCUT2D eigenvalue weighted by Crippen LogP contribution is 2.33. The maximum atomic E-state index is 15.3. The van der Waals surface area contributed by atoms with E-state index in [1.165, 1.54) is 35.0 Å². The summed E-state index contributed by atoms with van der Waals surface area (Å²) in [5, 5.41) is 10.6. The standard InChI is InChI=1S/C54H58Cl3N7O8S/c1-3-4-17-63(33-36-11-15-46(55)47(56)28-36)54(67)51-50(57)35(2)64(59-51)48-16-13-38(29-45(48)52(65)42-9-5-8-39-32-58-40(30-43(39)42)34-62-20-25-71-26-21-62)53(66)60-73(68,69)41-14-12-37-7-6-10-49(44(37)31-41)72-27-22-61-18-23-70-24-19-61/h5-16,28-29,31,40,58H,3-4,17-27,30,32-34H2,1-2H3,(H,60,66). The number of hydrogen-bond acceptors (Lipinski definition) is 12. The third-order valence-corrected chi connectivity index (χ3v) is 16.2. The van der Waals surface area contributed by atoms with Crippen LogP contribution in [0.1, 0.15) is 78.9 Å². The van der Waals surface area contributed by atoms with Crippen molar-refractivity contribution >= 4 is 73.2 Å². The molecule has 0 saturated carbocycles. The van der Waals surface area contributed by atoms with Gasteiger partial charge in [0.25, 0.3) is 21.8 Å². The number of rotatable bonds is 18. The van der Waals surface area contributed by atoms with Gasteiger partial charge in [-0.1, -0.05) is 90.6 Å². The Hall–Kier alpha value is -5.40. The van der Waals surface area contributed by atoms with E-state index in [2.05, 4.69) is 19.8 Å². The molecule has 4 heterocycles. The number of sulfonamides is 1. The van der Waals surface area contributed by atoms with Gasteiger partial charge < -0.3 is 24.4 Å². The van der Waals surface area contributed by atoms with Crippen molar-refractivity contribution in [3.63, 3.8) is 0 Å². The van der Waals surface area contributed by atoms with Crippen LogP contribution in [0.5, 0.6) is 5.75 Å². The molecule has 1 aromatic heterocycles. The highest BCUT2D eigenvalue weighted by atomic mass is 35.5. The molecule has 2 fully saturated rings. The van der Waals surface area contributed by atoms with Gasteiger partial charge >= 0.3 is 0 Å². The summed E-state index contributed by atoms with van der Waals surface area (Å²) in [6.45, 7) is 12.6. The first-order valence-corrected chi connectivity index (χ1v) is 27.2. The third kappa shape index (κ3) is 12.1. The van der Waals surface area contributed by atoms with Gasteiger partial charge in [0, 0.05) is 87.0 Å². The molecule has 384 valence electrons. The van der Waals surface area contributed by atoms with Crippen LogP contribution in [0.15, 0.2) is 95.9 Å². The molecule has 15 nitrogen and oxygen atoms in total. The zero-order valence-electron chi connectivity index (χ0n) is 40.8. The lowest BCUT2D eigenvalue weighted by Gasteiger charge is -2.34. The summed E-state index contributed by atoms with van der Waals surface area (Å²) in [6.07, 6.45) is 2.09. The lowest BCUT2D eigenvalue weighted by atomic mass is 9.87. The second kappa shape index (κ2) is 23.4. The molecule has 1 unspecified atom stereocenters. The number of halogens is 3. The van der Waals surface area contributed by atoms with Gasteiger partial charge in [-0.25, -0.2) is 17.8 Å². The Morgan fingerprint density at radius 1 is 0.863 bits per heavy atom. The van der Waals surface area contributed by atoms with Gasteiger partial charge in [-0.15, -0.1) is 0 Å². The summed E-state index contributed by atoms with van der Waals surface area (Å²) in [4.78, 5) is 50.2. The summed E-state index contributed by atoms with van der Waals surface area (Å²) < 4.78 is 49.1. The summed E-state index contributed by atoms with van der Waals surface area (Å²) in [6, 6.07) is 25.3. The first-order valence-electron chi connectivity index (χ1n) is 24.6. The molecule has 3 aliphatic rings. The second-order valence-electron chi connectivity index (χ2n) is 18.6. The minimum absolute atomic E-state index is 0.0307. The number of benzene rings is 5. The van der Waals surface area contributed by atoms with Crippen LogP contribution >= 0.6 is 34.8 Å². The summed E-state index contributed by atoms with van der Waals surface area (Å²) in [5.41, 5.74) is 3.55. The zero-order chi connectivity index (χ0) is 51.2. The number of aromatic nitrogens is 2. The van der Waals surface area contributed by atoms with E-state index in [-0.39, 0.29) is 45.0 Å². The van der Waals surface area contributed by atoms with E-state index in [0.717, 1.165) is 61.2 Å². The molecule has 2 saturated heterocycles. The summed E-state index contributed by atoms with van der Waals surface area (Å²) in [7, 11) is -4.46. The van der Waals surface area contributed by atoms with E-state index in [0.29, 0.717) is 97.9 Å². The molecule has 2 N–H and O–H groups in total. The van der Waals surface area contributed by atoms with Gasteiger partial charge in [0.15, 0.2) is 11.5 Å². The average Bonchev–Trinajstić information content (AvgIpc) is 3.70. The summed E-state index contributed by atoms with van der Waals surface area (Å²) in [5.74, 6) is -1.30. The fraction of sp³-hybridized carbons (Fsp3) is 0.370. The molecule has 19 heteroatoms. The molecule has 9 rings (SSSR count). The molecule has 5 aromatic carbocycles. The van der Waals surface area contributed by atoms with E-state index in [1.807, 2.05) is 31.2 Å². The first kappa shape index (κ1) is 52.5. The average molecular weight is 1070 g/mol. The van der Waals surface area contributed by atoms with Crippen molar-refractivity contribution in [2.45, 2.75) is 57.1 Å². The predicted molar refractivity (Wildman–Crippen MR) is 282 cm³/mol. The smallest absolute Gasteiger partial charge is 0.276 e. The van der Waals surface area contributed by atoms with Crippen molar-refractivity contribution < 1.29 is 37.0 Å². The number of carbonyl (C=O) groups excluding carboxylic acids is 3. The number of amides is 2. The molecule has 0 aliphatic carbocycles. The number of nitrogens with zero attached hydrogens (tertiary/aromatic N) is 5. The molecule has 73 heavy (non-hydrogen) atoms. The highest BCUT2D eigenvalue weighted by molar-refractivity contribution is 7.90. The van der Waals surface area contributed by atoms with Crippen LogP contribution in [0.4, 0.5) is 0 Å². The van der Waals surface area contributed by atoms with E-state index in [1.54, 1.807) is 48.2 Å². The molecular formula is C54H58Cl3N7O8S. The van der Waals surface area contributed by atoms with Crippen molar-refractivity contribution in [1.29, 1.82) is 0 Å². The Balaban J connectivity index is 1.05. The number of nitrogens with one attached hydrogen (secondary N) is 2. The lowest BCUT2D eigenvalue weighted by molar-refractivity contribution is 0.0323. The van der Waals surface area contributed by atoms with E-state index in [4.69, 9.17) is 54.1 Å². The minimum Gasteiger partial charge on any atom is -0.492 e. The van der Waals surface area contributed by atoms with E-state index in [9.17, 15) is 18.0 Å². The molecule has 0 radical (unpaired) electrons. The van der Waals surface area contributed by atoms with E-state index >= 15 is 4.79 Å². The predicted octanol–water partition coefficient (Wildman–Crippen LogP) is 8.14. The lowest BCUT2D eigenvalue weighted by Crippen LogP contribution is -2.48. The molecular weight excluding hydrogens is 1010 g/mol. The van der Waals surface area contributed by atoms with Crippen LogP contribution in [-0.2, 0) is 39.0 Å². The number of morpholine rings is 2. The quantitative estimate of drug-likeness (QED) is 0.0796. The fourth-order valence-electron chi connectivity index (χ4n) is 9.57. The minimum atomic E-state index is -4.46. The second-order valence-corrected chi connectivity index (χ2v) is 21.4. The van der Waals surface area contributed by atoms with Crippen LogP contribution < -0.4 is 14.8 Å². The molecule has 1 atom stereocenters. The SMILES string of the molecule is CCCCN(Cc1ccc(Cl)c(Cl)c1)C(=O)c1nn(-c2ccc(C(=O)NS(=O)(=O)c3ccc4cccc(OCCN5CCOCC5)c4c3)cc2C(=O)c2cccc3c2CC(CN2CCOCC2)NC3)c(C)c1Cl. The Morgan fingerprint density at radius 2 is 1.62 bits per heavy atom. The van der Waals surface area contributed by atoms with Crippen molar-refractivity contribution in [2.24, 2.45) is 0 Å². The molecule has 2 amide bonds. The van der Waals surface area contributed by atoms with E-state index < -0.39 is 27.6 Å². The van der Waals surface area contributed by atoms with Gasteiger partial charge in [-0.2, -0.15) is 5.10 Å². The molecule has 3 aliphatic heterocycles. The Morgan fingerprint density at radius 3 is 2.37 bits per heavy atom. The normalized spacial score (nSPS) is 16.5. The van der Waals surface area contributed by atoms with Crippen LogP contribution in [-0.4, -0.2) is 135 Å². The Labute approximate surface area is 440 Å². The number of carbonyl (C=O) groups is 3. The summed E-state index contributed by atoms with van der Waals surface area (Å²) >= 11 is 19.6. The van der Waals surface area contributed by atoms with Gasteiger partial charge in [-0.3, -0.25) is 24.2 Å². The Kier molecular flexibility index (Phi) is 16.8. The largest absolute Gasteiger partial charge is 0.492 e. The molecule has 6 aromatic rings. The molecule has 0 spiro atoms. The van der Waals surface area contributed by atoms with Gasteiger partial charge in [0.2, 0.25) is 0 Å². The van der Waals surface area contributed by atoms with Crippen LogP contribution in [0.2, 0.25) is 15.1 Å². The number of ether oxygens (including phenoxy) is 3. The third-order valence-electron chi connectivity index (χ3n) is 13.7. The van der Waals surface area contributed by atoms with Crippen molar-refractivity contribution in [3.05, 3.63) is 151 Å². The van der Waals surface area contributed by atoms with Crippen molar-refractivity contribution in [3.8, 4) is 11.4 Å².